The fraction of sp³-hybridized carbons (Fsp3) is 0.727. The minimum absolute atomic E-state index is 0.000909. The van der Waals surface area contributed by atoms with Gasteiger partial charge in [-0.1, -0.05) is 0 Å². The molecule has 0 spiro atoms. The first-order valence-corrected chi connectivity index (χ1v) is 15.2. The van der Waals surface area contributed by atoms with Crippen LogP contribution in [0.2, 0.25) is 0 Å². The number of aromatic amines is 1. The first-order valence-electron chi connectivity index (χ1n) is 12.0. The molecule has 0 amide bonds. The van der Waals surface area contributed by atoms with Crippen LogP contribution in [0.15, 0.2) is 18.6 Å². The number of aromatic nitrogens is 3. The molecule has 1 saturated heterocycles. The van der Waals surface area contributed by atoms with Crippen molar-refractivity contribution < 1.29 is 16.8 Å². The molecule has 3 heterocycles. The minimum atomic E-state index is -3.42. The number of piperidine rings is 1. The molecule has 4 rings (SSSR count). The van der Waals surface area contributed by atoms with Gasteiger partial charge in [0.1, 0.15) is 17.8 Å². The third-order valence-electron chi connectivity index (χ3n) is 7.36. The number of fused-ring (bicyclic) bond motifs is 1. The van der Waals surface area contributed by atoms with Gasteiger partial charge in [0.2, 0.25) is 20.0 Å². The summed E-state index contributed by atoms with van der Waals surface area (Å²) in [6.07, 6.45) is 8.40. The van der Waals surface area contributed by atoms with Crippen molar-refractivity contribution in [1.29, 1.82) is 0 Å². The average molecular weight is 513 g/mol. The maximum Gasteiger partial charge on any atom is 0.214 e. The van der Waals surface area contributed by atoms with Gasteiger partial charge in [-0.05, 0) is 56.4 Å². The fourth-order valence-corrected chi connectivity index (χ4v) is 8.43. The molecule has 2 aromatic heterocycles. The fourth-order valence-electron chi connectivity index (χ4n) is 5.28. The van der Waals surface area contributed by atoms with E-state index < -0.39 is 20.0 Å². The molecule has 2 fully saturated rings. The summed E-state index contributed by atoms with van der Waals surface area (Å²) in [6, 6.07) is 2.29. The molecule has 34 heavy (non-hydrogen) atoms. The highest BCUT2D eigenvalue weighted by molar-refractivity contribution is 7.89. The monoisotopic (exact) mass is 512 g/mol. The van der Waals surface area contributed by atoms with Crippen LogP contribution in [-0.2, 0) is 20.0 Å². The van der Waals surface area contributed by atoms with E-state index in [2.05, 4.69) is 19.9 Å². The molecule has 0 aromatic carbocycles. The molecule has 12 heteroatoms. The van der Waals surface area contributed by atoms with Crippen molar-refractivity contribution in [3.63, 3.8) is 0 Å². The number of rotatable bonds is 8. The van der Waals surface area contributed by atoms with Crippen LogP contribution in [-0.4, -0.2) is 92.2 Å². The minimum Gasteiger partial charge on any atom is -0.356 e. The van der Waals surface area contributed by atoms with E-state index >= 15 is 0 Å². The van der Waals surface area contributed by atoms with Crippen LogP contribution < -0.4 is 4.90 Å². The average Bonchev–Trinajstić information content (AvgIpc) is 3.28. The molecule has 10 nitrogen and oxygen atoms in total. The quantitative estimate of drug-likeness (QED) is 0.573. The lowest BCUT2D eigenvalue weighted by molar-refractivity contribution is 0.274. The Bertz CT molecular complexity index is 1190. The highest BCUT2D eigenvalue weighted by Crippen LogP contribution is 2.33. The molecule has 1 aliphatic carbocycles. The first-order chi connectivity index (χ1) is 16.1. The predicted molar refractivity (Wildman–Crippen MR) is 134 cm³/mol. The van der Waals surface area contributed by atoms with E-state index in [1.165, 1.54) is 22.7 Å². The first kappa shape index (κ1) is 25.3. The molecule has 1 N–H and O–H groups in total. The smallest absolute Gasteiger partial charge is 0.214 e. The summed E-state index contributed by atoms with van der Waals surface area (Å²) in [5.74, 6) is 1.01. The lowest BCUT2D eigenvalue weighted by Gasteiger charge is -2.37. The van der Waals surface area contributed by atoms with Gasteiger partial charge >= 0.3 is 0 Å². The Balaban J connectivity index is 1.33. The van der Waals surface area contributed by atoms with Gasteiger partial charge in [0.05, 0.1) is 16.9 Å². The maximum atomic E-state index is 13.2. The molecule has 1 unspecified atom stereocenters. The van der Waals surface area contributed by atoms with Gasteiger partial charge in [-0.15, -0.1) is 0 Å². The number of hydrogen-bond acceptors (Lipinski definition) is 7. The van der Waals surface area contributed by atoms with Crippen molar-refractivity contribution >= 4 is 36.9 Å². The summed E-state index contributed by atoms with van der Waals surface area (Å²) in [5, 5.41) is 0.991. The highest BCUT2D eigenvalue weighted by atomic mass is 32.2. The van der Waals surface area contributed by atoms with E-state index in [9.17, 15) is 16.8 Å². The second-order valence-corrected chi connectivity index (χ2v) is 14.2. The van der Waals surface area contributed by atoms with E-state index in [0.29, 0.717) is 25.6 Å². The van der Waals surface area contributed by atoms with Crippen LogP contribution in [0.25, 0.3) is 11.0 Å². The molecule has 1 aliphatic heterocycles. The molecule has 0 radical (unpaired) electrons. The third kappa shape index (κ3) is 5.55. The van der Waals surface area contributed by atoms with Crippen molar-refractivity contribution in [2.75, 3.05) is 50.6 Å². The van der Waals surface area contributed by atoms with Gasteiger partial charge in [0.15, 0.2) is 0 Å². The van der Waals surface area contributed by atoms with Gasteiger partial charge < -0.3 is 9.88 Å². The highest BCUT2D eigenvalue weighted by Gasteiger charge is 2.35. The normalized spacial score (nSPS) is 25.1. The molecule has 190 valence electrons. The number of nitrogens with one attached hydrogen (secondary N) is 1. The zero-order valence-corrected chi connectivity index (χ0v) is 21.9. The van der Waals surface area contributed by atoms with E-state index in [-0.39, 0.29) is 23.3 Å². The molecular formula is C22H36N6O4S2. The van der Waals surface area contributed by atoms with Gasteiger partial charge in [0, 0.05) is 46.5 Å². The lowest BCUT2D eigenvalue weighted by atomic mass is 9.86. The van der Waals surface area contributed by atoms with Crippen LogP contribution in [0.1, 0.15) is 38.5 Å². The molecule has 1 atom stereocenters. The Morgan fingerprint density at radius 3 is 2.44 bits per heavy atom. The van der Waals surface area contributed by atoms with Gasteiger partial charge in [-0.3, -0.25) is 0 Å². The zero-order valence-electron chi connectivity index (χ0n) is 20.2. The largest absolute Gasteiger partial charge is 0.356 e. The Morgan fingerprint density at radius 1 is 1.00 bits per heavy atom. The summed E-state index contributed by atoms with van der Waals surface area (Å²) >= 11 is 0. The topological polar surface area (TPSA) is 120 Å². The van der Waals surface area contributed by atoms with Gasteiger partial charge in [-0.25, -0.2) is 35.4 Å². The van der Waals surface area contributed by atoms with E-state index in [0.717, 1.165) is 49.0 Å². The Hall–Kier alpha value is -1.76. The summed E-state index contributed by atoms with van der Waals surface area (Å²) in [6.45, 7) is 0.785. The summed E-state index contributed by atoms with van der Waals surface area (Å²) in [4.78, 5) is 14.1. The summed E-state index contributed by atoms with van der Waals surface area (Å²) in [7, 11) is -1.67. The molecule has 1 saturated carbocycles. The van der Waals surface area contributed by atoms with Crippen LogP contribution in [0.3, 0.4) is 0 Å². The van der Waals surface area contributed by atoms with Crippen LogP contribution in [0, 0.1) is 11.8 Å². The van der Waals surface area contributed by atoms with E-state index in [1.54, 1.807) is 6.33 Å². The Morgan fingerprint density at radius 2 is 1.74 bits per heavy atom. The number of H-pyrrole nitrogens is 1. The van der Waals surface area contributed by atoms with Crippen LogP contribution in [0.5, 0.6) is 0 Å². The molecule has 2 aromatic rings. The van der Waals surface area contributed by atoms with Crippen molar-refractivity contribution in [3.05, 3.63) is 18.6 Å². The molecule has 0 bridgehead atoms. The van der Waals surface area contributed by atoms with Crippen molar-refractivity contribution in [3.8, 4) is 0 Å². The van der Waals surface area contributed by atoms with Crippen molar-refractivity contribution in [2.24, 2.45) is 11.8 Å². The molecular weight excluding hydrogens is 476 g/mol. The number of hydrogen-bond donors (Lipinski definition) is 1. The lowest BCUT2D eigenvalue weighted by Crippen LogP contribution is -2.45. The predicted octanol–water partition coefficient (Wildman–Crippen LogP) is 1.89. The van der Waals surface area contributed by atoms with E-state index in [4.69, 9.17) is 0 Å². The Labute approximate surface area is 202 Å². The van der Waals surface area contributed by atoms with Crippen molar-refractivity contribution in [1.82, 2.24) is 23.6 Å². The SMILES string of the molecule is CN(C)S(=O)(=O)CC1CCCN(S(=O)(=O)C[C@H]2CC[C@H](N(C)c3ncnc4[nH]ccc34)CC2)C1. The summed E-state index contributed by atoms with van der Waals surface area (Å²) < 4.78 is 53.7. The number of sulfonamides is 2. The molecule has 2 aliphatic rings. The summed E-state index contributed by atoms with van der Waals surface area (Å²) in [5.41, 5.74) is 0.815. The standard InChI is InChI=1S/C22H36N6O4S2/c1-26(2)33(29,30)15-18-5-4-12-28(13-18)34(31,32)14-17-6-8-19(9-7-17)27(3)22-20-10-11-23-21(20)24-16-25-22/h10-11,16-19H,4-9,12-15H2,1-3H3,(H,23,24,25)/t17-,18?,19-. The van der Waals surface area contributed by atoms with E-state index in [1.807, 2.05) is 19.3 Å². The second kappa shape index (κ2) is 10.1. The number of nitrogens with zero attached hydrogens (tertiary/aromatic N) is 5. The van der Waals surface area contributed by atoms with Crippen LogP contribution >= 0.6 is 0 Å². The van der Waals surface area contributed by atoms with Crippen LogP contribution in [0.4, 0.5) is 5.82 Å². The van der Waals surface area contributed by atoms with Gasteiger partial charge in [-0.2, -0.15) is 0 Å². The Kier molecular flexibility index (Phi) is 7.51. The second-order valence-electron chi connectivity index (χ2n) is 9.93. The maximum absolute atomic E-state index is 13.2. The zero-order chi connectivity index (χ0) is 24.5. The van der Waals surface area contributed by atoms with Gasteiger partial charge in [0.25, 0.3) is 0 Å². The van der Waals surface area contributed by atoms with Crippen molar-refractivity contribution in [2.45, 2.75) is 44.6 Å². The number of anilines is 1. The third-order valence-corrected chi connectivity index (χ3v) is 11.4.